The summed E-state index contributed by atoms with van der Waals surface area (Å²) in [6.07, 6.45) is 1.57. The molecule has 0 spiro atoms. The molecule has 0 aliphatic rings. The van der Waals surface area contributed by atoms with Crippen LogP contribution in [0.3, 0.4) is 0 Å². The van der Waals surface area contributed by atoms with Crippen molar-refractivity contribution in [3.63, 3.8) is 0 Å². The second kappa shape index (κ2) is 2.90. The quantitative estimate of drug-likeness (QED) is 0.538. The van der Waals surface area contributed by atoms with Gasteiger partial charge in [0, 0.05) is 7.93 Å². The topological polar surface area (TPSA) is 38.7 Å². The summed E-state index contributed by atoms with van der Waals surface area (Å²) >= 11 is 5.42. The molecular formula is C3H3ClN3P. The summed E-state index contributed by atoms with van der Waals surface area (Å²) in [6, 6.07) is 1.73. The van der Waals surface area contributed by atoms with Crippen LogP contribution in [0.5, 0.6) is 0 Å². The van der Waals surface area contributed by atoms with Crippen LogP contribution in [0.1, 0.15) is 0 Å². The summed E-state index contributed by atoms with van der Waals surface area (Å²) in [5, 5.41) is 10.5. The van der Waals surface area contributed by atoms with Gasteiger partial charge in [-0.25, -0.2) is 0 Å². The second-order valence-corrected chi connectivity index (χ2v) is 2.37. The highest BCUT2D eigenvalue weighted by molar-refractivity contribution is 7.74. The van der Waals surface area contributed by atoms with Gasteiger partial charge in [-0.3, -0.25) is 0 Å². The molecule has 1 atom stereocenters. The van der Waals surface area contributed by atoms with Crippen molar-refractivity contribution in [2.24, 2.45) is 0 Å². The van der Waals surface area contributed by atoms with E-state index in [0.29, 0.717) is 0 Å². The van der Waals surface area contributed by atoms with Crippen LogP contribution in [0.15, 0.2) is 12.3 Å². The Morgan fingerprint density at radius 1 is 1.62 bits per heavy atom. The lowest BCUT2D eigenvalue weighted by atomic mass is 10.7. The first-order valence-electron chi connectivity index (χ1n) is 1.94. The Hall–Kier alpha value is -0.270. The predicted molar refractivity (Wildman–Crippen MR) is 33.6 cm³/mol. The van der Waals surface area contributed by atoms with Crippen molar-refractivity contribution in [1.29, 1.82) is 0 Å². The number of rotatable bonds is 1. The van der Waals surface area contributed by atoms with Crippen LogP contribution < -0.4 is 5.44 Å². The molecule has 1 unspecified atom stereocenters. The number of nitrogens with zero attached hydrogens (tertiary/aromatic N) is 3. The van der Waals surface area contributed by atoms with E-state index in [1.807, 2.05) is 0 Å². The van der Waals surface area contributed by atoms with Crippen LogP contribution in [-0.2, 0) is 0 Å². The molecule has 0 N–H and O–H groups in total. The third-order valence-electron chi connectivity index (χ3n) is 0.600. The molecule has 3 nitrogen and oxygen atoms in total. The number of aromatic nitrogens is 3. The lowest BCUT2D eigenvalue weighted by Crippen LogP contribution is -2.01. The fourth-order valence-electron chi connectivity index (χ4n) is 0.291. The Morgan fingerprint density at radius 3 is 2.88 bits per heavy atom. The van der Waals surface area contributed by atoms with Crippen molar-refractivity contribution in [2.75, 3.05) is 0 Å². The molecule has 42 valence electrons. The minimum atomic E-state index is 0.189. The molecule has 0 bridgehead atoms. The van der Waals surface area contributed by atoms with Gasteiger partial charge in [0.15, 0.2) is 0 Å². The van der Waals surface area contributed by atoms with E-state index in [-0.39, 0.29) is 7.93 Å². The van der Waals surface area contributed by atoms with E-state index in [1.165, 1.54) is 0 Å². The van der Waals surface area contributed by atoms with E-state index in [9.17, 15) is 0 Å². The van der Waals surface area contributed by atoms with Gasteiger partial charge < -0.3 is 0 Å². The maximum Gasteiger partial charge on any atom is 0.102 e. The Labute approximate surface area is 53.0 Å². The predicted octanol–water partition coefficient (Wildman–Crippen LogP) is 0.329. The Kier molecular flexibility index (Phi) is 2.12. The van der Waals surface area contributed by atoms with Gasteiger partial charge in [-0.15, -0.1) is 10.2 Å². The second-order valence-electron chi connectivity index (χ2n) is 1.10. The van der Waals surface area contributed by atoms with Gasteiger partial charge in [0.25, 0.3) is 0 Å². The van der Waals surface area contributed by atoms with Crippen molar-refractivity contribution in [1.82, 2.24) is 15.4 Å². The molecule has 5 heteroatoms. The molecule has 8 heavy (non-hydrogen) atoms. The Bertz CT molecular complexity index is 156. The van der Waals surface area contributed by atoms with Gasteiger partial charge in [0.1, 0.15) is 5.44 Å². The standard InChI is InChI=1S/C3H3ClN3P/c4-8-3-1-2-5-7-6-3/h1-2,8H. The highest BCUT2D eigenvalue weighted by Crippen LogP contribution is 2.10. The van der Waals surface area contributed by atoms with Crippen LogP contribution in [0.25, 0.3) is 0 Å². The monoisotopic (exact) mass is 147 g/mol. The van der Waals surface area contributed by atoms with Crippen LogP contribution in [-0.4, -0.2) is 15.4 Å². The minimum absolute atomic E-state index is 0.189. The average molecular weight is 148 g/mol. The molecule has 1 aromatic rings. The fourth-order valence-corrected chi connectivity index (χ4v) is 0.814. The molecule has 1 heterocycles. The smallest absolute Gasteiger partial charge is 0.102 e. The number of hydrogen-bond acceptors (Lipinski definition) is 3. The molecule has 0 aliphatic carbocycles. The van der Waals surface area contributed by atoms with E-state index in [2.05, 4.69) is 15.4 Å². The zero-order valence-corrected chi connectivity index (χ0v) is 5.63. The van der Waals surface area contributed by atoms with Crippen molar-refractivity contribution in [3.8, 4) is 0 Å². The third kappa shape index (κ3) is 1.35. The minimum Gasteiger partial charge on any atom is -0.139 e. The summed E-state index contributed by atoms with van der Waals surface area (Å²) < 4.78 is 0. The highest BCUT2D eigenvalue weighted by Gasteiger charge is 1.86. The van der Waals surface area contributed by atoms with Gasteiger partial charge in [-0.1, -0.05) is 11.2 Å². The molecule has 0 aliphatic heterocycles. The lowest BCUT2D eigenvalue weighted by Gasteiger charge is -1.84. The summed E-state index contributed by atoms with van der Waals surface area (Å²) in [5.74, 6) is 0. The Balaban J connectivity index is 2.83. The molecule has 1 rings (SSSR count). The van der Waals surface area contributed by atoms with Crippen molar-refractivity contribution >= 4 is 24.6 Å². The molecule has 0 amide bonds. The van der Waals surface area contributed by atoms with Crippen molar-refractivity contribution in [2.45, 2.75) is 0 Å². The van der Waals surface area contributed by atoms with Crippen LogP contribution >= 0.6 is 19.2 Å². The summed E-state index contributed by atoms with van der Waals surface area (Å²) in [5.41, 5.74) is 0.779. The zero-order valence-electron chi connectivity index (χ0n) is 3.87. The summed E-state index contributed by atoms with van der Waals surface area (Å²) in [4.78, 5) is 0. The maximum atomic E-state index is 5.42. The summed E-state index contributed by atoms with van der Waals surface area (Å²) in [6.45, 7) is 0. The number of halogens is 1. The van der Waals surface area contributed by atoms with Crippen molar-refractivity contribution < 1.29 is 0 Å². The largest absolute Gasteiger partial charge is 0.139 e. The van der Waals surface area contributed by atoms with Gasteiger partial charge in [0.05, 0.1) is 6.20 Å². The SMILES string of the molecule is ClPc1ccnnn1. The van der Waals surface area contributed by atoms with Gasteiger partial charge >= 0.3 is 0 Å². The van der Waals surface area contributed by atoms with E-state index in [4.69, 9.17) is 11.2 Å². The highest BCUT2D eigenvalue weighted by atomic mass is 35.7. The molecule has 0 aromatic carbocycles. The molecule has 0 saturated carbocycles. The number of hydrogen-bond donors (Lipinski definition) is 0. The first-order chi connectivity index (χ1) is 3.93. The fraction of sp³-hybridized carbons (Fsp3) is 0. The Morgan fingerprint density at radius 2 is 2.50 bits per heavy atom. The van der Waals surface area contributed by atoms with Crippen molar-refractivity contribution in [3.05, 3.63) is 12.3 Å². The zero-order chi connectivity index (χ0) is 5.82. The third-order valence-corrected chi connectivity index (χ3v) is 1.64. The maximum absolute atomic E-state index is 5.42. The normalized spacial score (nSPS) is 10.6. The van der Waals surface area contributed by atoms with Gasteiger partial charge in [-0.2, -0.15) is 0 Å². The lowest BCUT2D eigenvalue weighted by molar-refractivity contribution is 0.883. The average Bonchev–Trinajstić information content (AvgIpc) is 1.90. The van der Waals surface area contributed by atoms with E-state index in [1.54, 1.807) is 12.3 Å². The first kappa shape index (κ1) is 5.86. The van der Waals surface area contributed by atoms with Gasteiger partial charge in [0.2, 0.25) is 0 Å². The molecule has 1 aromatic heterocycles. The molecule has 0 radical (unpaired) electrons. The molecular weight excluding hydrogens is 144 g/mol. The van der Waals surface area contributed by atoms with Crippen LogP contribution in [0.4, 0.5) is 0 Å². The van der Waals surface area contributed by atoms with E-state index < -0.39 is 0 Å². The molecule has 0 saturated heterocycles. The van der Waals surface area contributed by atoms with Crippen LogP contribution in [0.2, 0.25) is 0 Å². The first-order valence-corrected chi connectivity index (χ1v) is 3.95. The van der Waals surface area contributed by atoms with Gasteiger partial charge in [-0.05, 0) is 11.3 Å². The van der Waals surface area contributed by atoms with E-state index in [0.717, 1.165) is 5.44 Å². The molecule has 0 fully saturated rings. The van der Waals surface area contributed by atoms with E-state index >= 15 is 0 Å². The summed E-state index contributed by atoms with van der Waals surface area (Å²) in [7, 11) is 0.189. The van der Waals surface area contributed by atoms with Crippen LogP contribution in [0, 0.1) is 0 Å².